The van der Waals surface area contributed by atoms with Crippen molar-refractivity contribution in [3.05, 3.63) is 71.2 Å². The van der Waals surface area contributed by atoms with Crippen LogP contribution in [0.3, 0.4) is 0 Å². The summed E-state index contributed by atoms with van der Waals surface area (Å²) in [6.07, 6.45) is 3.93. The average Bonchev–Trinajstić information content (AvgIpc) is 2.83. The molecular weight excluding hydrogens is 303 g/mol. The molecule has 24 heavy (non-hydrogen) atoms. The second-order valence-corrected chi connectivity index (χ2v) is 6.45. The highest BCUT2D eigenvalue weighted by atomic mass is 19.1. The molecule has 0 saturated carbocycles. The van der Waals surface area contributed by atoms with Gasteiger partial charge in [0.1, 0.15) is 5.82 Å². The maximum atomic E-state index is 13.1. The van der Waals surface area contributed by atoms with Crippen LogP contribution in [0, 0.1) is 5.82 Å². The molecule has 0 aliphatic carbocycles. The predicted molar refractivity (Wildman–Crippen MR) is 92.6 cm³/mol. The lowest BCUT2D eigenvalue weighted by Crippen LogP contribution is -2.41. The monoisotopic (exact) mass is 322 g/mol. The number of hydrogen-bond donors (Lipinski definition) is 0. The van der Waals surface area contributed by atoms with Gasteiger partial charge in [0.2, 0.25) is 0 Å². The van der Waals surface area contributed by atoms with Gasteiger partial charge in [-0.2, -0.15) is 0 Å². The molecular formula is C20H19FN2O. The maximum Gasteiger partial charge on any atom is 0.253 e. The van der Waals surface area contributed by atoms with Gasteiger partial charge in [-0.3, -0.25) is 4.79 Å². The summed E-state index contributed by atoms with van der Waals surface area (Å²) in [4.78, 5) is 14.3. The van der Waals surface area contributed by atoms with Gasteiger partial charge in [-0.05, 0) is 48.2 Å². The van der Waals surface area contributed by atoms with Crippen molar-refractivity contribution in [2.45, 2.75) is 12.8 Å². The molecule has 2 heterocycles. The van der Waals surface area contributed by atoms with Gasteiger partial charge in [-0.15, -0.1) is 0 Å². The minimum Gasteiger partial charge on any atom is -0.350 e. The molecule has 1 aromatic heterocycles. The van der Waals surface area contributed by atoms with E-state index < -0.39 is 0 Å². The fraction of sp³-hybridized carbons (Fsp3) is 0.250. The predicted octanol–water partition coefficient (Wildman–Crippen LogP) is 3.75. The maximum absolute atomic E-state index is 13.1. The molecule has 1 aliphatic heterocycles. The number of fused-ring (bicyclic) bond motifs is 1. The molecule has 1 fully saturated rings. The Hall–Kier alpha value is -2.62. The van der Waals surface area contributed by atoms with Crippen LogP contribution in [-0.2, 0) is 13.5 Å². The summed E-state index contributed by atoms with van der Waals surface area (Å²) >= 11 is 0. The van der Waals surface area contributed by atoms with E-state index in [-0.39, 0.29) is 11.7 Å². The molecule has 1 aliphatic rings. The molecule has 0 radical (unpaired) electrons. The largest absolute Gasteiger partial charge is 0.350 e. The third kappa shape index (κ3) is 2.58. The number of rotatable bonds is 3. The Morgan fingerprint density at radius 2 is 1.88 bits per heavy atom. The molecule has 0 unspecified atom stereocenters. The zero-order valence-corrected chi connectivity index (χ0v) is 13.6. The van der Waals surface area contributed by atoms with Crippen LogP contribution in [0.4, 0.5) is 4.39 Å². The molecule has 122 valence electrons. The topological polar surface area (TPSA) is 25.2 Å². The Bertz CT molecular complexity index is 907. The van der Waals surface area contributed by atoms with Crippen molar-refractivity contribution in [3.63, 3.8) is 0 Å². The number of aryl methyl sites for hydroxylation is 1. The van der Waals surface area contributed by atoms with Crippen LogP contribution in [0.2, 0.25) is 0 Å². The van der Waals surface area contributed by atoms with Crippen LogP contribution in [0.15, 0.2) is 48.7 Å². The SMILES string of the molecule is Cn1cc(Cc2ccc(F)cc2)c2ccc(C(=O)N3CCC3)cc21. The summed E-state index contributed by atoms with van der Waals surface area (Å²) < 4.78 is 15.1. The number of likely N-dealkylation sites (tertiary alicyclic amines) is 1. The van der Waals surface area contributed by atoms with Crippen LogP contribution in [-0.4, -0.2) is 28.5 Å². The summed E-state index contributed by atoms with van der Waals surface area (Å²) in [7, 11) is 1.99. The first-order valence-electron chi connectivity index (χ1n) is 8.23. The van der Waals surface area contributed by atoms with E-state index in [4.69, 9.17) is 0 Å². The lowest BCUT2D eigenvalue weighted by atomic mass is 10.0. The summed E-state index contributed by atoms with van der Waals surface area (Å²) in [5.41, 5.74) is 4.06. The first kappa shape index (κ1) is 14.9. The minimum atomic E-state index is -0.217. The van der Waals surface area contributed by atoms with Crippen LogP contribution in [0.5, 0.6) is 0 Å². The number of halogens is 1. The number of carbonyl (C=O) groups excluding carboxylic acids is 1. The molecule has 4 heteroatoms. The second kappa shape index (κ2) is 5.78. The van der Waals surface area contributed by atoms with Gasteiger partial charge in [0, 0.05) is 42.8 Å². The van der Waals surface area contributed by atoms with Crippen molar-refractivity contribution in [3.8, 4) is 0 Å². The molecule has 3 nitrogen and oxygen atoms in total. The van der Waals surface area contributed by atoms with Gasteiger partial charge >= 0.3 is 0 Å². The Balaban J connectivity index is 1.67. The number of carbonyl (C=O) groups is 1. The van der Waals surface area contributed by atoms with Gasteiger partial charge in [0.25, 0.3) is 5.91 Å². The van der Waals surface area contributed by atoms with Crippen molar-refractivity contribution in [1.29, 1.82) is 0 Å². The van der Waals surface area contributed by atoms with E-state index in [0.717, 1.165) is 48.0 Å². The molecule has 1 amide bonds. The second-order valence-electron chi connectivity index (χ2n) is 6.45. The number of aromatic nitrogens is 1. The molecule has 0 N–H and O–H groups in total. The van der Waals surface area contributed by atoms with E-state index in [1.165, 1.54) is 17.7 Å². The molecule has 0 spiro atoms. The quantitative estimate of drug-likeness (QED) is 0.721. The highest BCUT2D eigenvalue weighted by molar-refractivity contribution is 5.99. The van der Waals surface area contributed by atoms with Crippen LogP contribution >= 0.6 is 0 Å². The first-order valence-corrected chi connectivity index (χ1v) is 8.23. The highest BCUT2D eigenvalue weighted by Crippen LogP contribution is 2.25. The van der Waals surface area contributed by atoms with E-state index in [0.29, 0.717) is 0 Å². The van der Waals surface area contributed by atoms with Crippen LogP contribution in [0.25, 0.3) is 10.9 Å². The van der Waals surface area contributed by atoms with Crippen molar-refractivity contribution in [2.24, 2.45) is 7.05 Å². The zero-order valence-electron chi connectivity index (χ0n) is 13.6. The Labute approximate surface area is 140 Å². The molecule has 0 bridgehead atoms. The van der Waals surface area contributed by atoms with Gasteiger partial charge in [0.15, 0.2) is 0 Å². The van der Waals surface area contributed by atoms with Crippen LogP contribution in [0.1, 0.15) is 27.9 Å². The lowest BCUT2D eigenvalue weighted by molar-refractivity contribution is 0.0652. The summed E-state index contributed by atoms with van der Waals surface area (Å²) in [5.74, 6) is -0.102. The minimum absolute atomic E-state index is 0.115. The number of nitrogens with zero attached hydrogens (tertiary/aromatic N) is 2. The standard InChI is InChI=1S/C20H19FN2O/c1-22-13-16(11-14-3-6-17(21)7-4-14)18-8-5-15(12-19(18)22)20(24)23-9-2-10-23/h3-8,12-13H,2,9-11H2,1H3. The van der Waals surface area contributed by atoms with Gasteiger partial charge in [-0.1, -0.05) is 18.2 Å². The van der Waals surface area contributed by atoms with E-state index in [2.05, 4.69) is 10.8 Å². The van der Waals surface area contributed by atoms with Crippen molar-refractivity contribution < 1.29 is 9.18 Å². The van der Waals surface area contributed by atoms with E-state index in [1.54, 1.807) is 0 Å². The van der Waals surface area contributed by atoms with E-state index >= 15 is 0 Å². The third-order valence-corrected chi connectivity index (χ3v) is 4.77. The zero-order chi connectivity index (χ0) is 16.7. The molecule has 0 atom stereocenters. The third-order valence-electron chi connectivity index (χ3n) is 4.77. The molecule has 1 saturated heterocycles. The summed E-state index contributed by atoms with van der Waals surface area (Å²) in [6.45, 7) is 1.72. The van der Waals surface area contributed by atoms with Gasteiger partial charge in [-0.25, -0.2) is 4.39 Å². The van der Waals surface area contributed by atoms with Crippen LogP contribution < -0.4 is 0 Å². The lowest BCUT2D eigenvalue weighted by Gasteiger charge is -2.30. The Morgan fingerprint density at radius 3 is 2.54 bits per heavy atom. The molecule has 3 aromatic rings. The fourth-order valence-electron chi connectivity index (χ4n) is 3.27. The molecule has 4 rings (SSSR count). The number of benzene rings is 2. The van der Waals surface area contributed by atoms with Crippen molar-refractivity contribution >= 4 is 16.8 Å². The smallest absolute Gasteiger partial charge is 0.253 e. The Morgan fingerprint density at radius 1 is 1.12 bits per heavy atom. The average molecular weight is 322 g/mol. The van der Waals surface area contributed by atoms with E-state index in [9.17, 15) is 9.18 Å². The highest BCUT2D eigenvalue weighted by Gasteiger charge is 2.22. The number of amides is 1. The summed E-state index contributed by atoms with van der Waals surface area (Å²) in [5, 5.41) is 1.14. The summed E-state index contributed by atoms with van der Waals surface area (Å²) in [6, 6.07) is 12.5. The Kier molecular flexibility index (Phi) is 3.60. The van der Waals surface area contributed by atoms with Gasteiger partial charge < -0.3 is 9.47 Å². The normalized spacial score (nSPS) is 14.0. The fourth-order valence-corrected chi connectivity index (χ4v) is 3.27. The van der Waals surface area contributed by atoms with E-state index in [1.807, 2.05) is 42.3 Å². The van der Waals surface area contributed by atoms with Crippen molar-refractivity contribution in [1.82, 2.24) is 9.47 Å². The number of hydrogen-bond acceptors (Lipinski definition) is 1. The molecule has 2 aromatic carbocycles. The first-order chi connectivity index (χ1) is 11.6. The van der Waals surface area contributed by atoms with Gasteiger partial charge in [0.05, 0.1) is 0 Å². The van der Waals surface area contributed by atoms with Crippen molar-refractivity contribution in [2.75, 3.05) is 13.1 Å².